The Morgan fingerprint density at radius 2 is 1.76 bits per heavy atom. The molecule has 1 aromatic carbocycles. The zero-order chi connectivity index (χ0) is 31.6. The minimum Gasteiger partial charge on any atom is -0.375 e. The Morgan fingerprint density at radius 1 is 1.14 bits per heavy atom. The number of hydrogen-bond donors (Lipinski definition) is 3. The van der Waals surface area contributed by atoms with Gasteiger partial charge in [-0.3, -0.25) is 43.8 Å². The lowest BCUT2D eigenvalue weighted by Crippen LogP contribution is -2.78. The number of ether oxygens (including phenoxy) is 1. The number of hydrogen-bond acceptors (Lipinski definition) is 10. The first-order valence-corrected chi connectivity index (χ1v) is 13.5. The molecule has 2 saturated heterocycles. The summed E-state index contributed by atoms with van der Waals surface area (Å²) < 4.78 is 5.57. The van der Waals surface area contributed by atoms with Crippen LogP contribution in [0.1, 0.15) is 53.4 Å². The van der Waals surface area contributed by atoms with Crippen LogP contribution >= 0.6 is 0 Å². The van der Waals surface area contributed by atoms with E-state index in [1.807, 2.05) is 0 Å². The summed E-state index contributed by atoms with van der Waals surface area (Å²) in [5.74, 6) is -4.71. The minimum absolute atomic E-state index is 0.0754. The predicted octanol–water partition coefficient (Wildman–Crippen LogP) is 0.258. The number of Topliss-reactive ketones (excluding diaryl/α,β-unsaturated/α-hetero) is 1. The van der Waals surface area contributed by atoms with Crippen molar-refractivity contribution < 1.29 is 38.4 Å². The molecule has 0 spiro atoms. The third-order valence-electron chi connectivity index (χ3n) is 7.78. The average molecular weight is 589 g/mol. The number of nitrogens with two attached hydrogens (primary N) is 1. The van der Waals surface area contributed by atoms with E-state index in [1.54, 1.807) is 0 Å². The number of nitrogens with one attached hydrogen (secondary N) is 2. The standard InChI is InChI=1S/C27H36N6O9/c1-15(28)22(36)29-16(2)23(37)31-14-6-7-19(31)24(38)32-21(35)13-12-20(34)27(32,26(3,4)42-5)25(39)30-17-8-10-18(11-9-17)33(40)41/h8-11,15-16,19H,6-7,12-14,28H2,1-5H3,(H,29,36)(H,30,39)/t15-,16-,19-,27+/m0/s1. The summed E-state index contributed by atoms with van der Waals surface area (Å²) in [4.78, 5) is 93.2. The van der Waals surface area contributed by atoms with E-state index >= 15 is 0 Å². The quantitative estimate of drug-likeness (QED) is 0.155. The molecule has 5 amide bonds. The topological polar surface area (TPSA) is 211 Å². The number of nitro groups is 1. The molecule has 2 heterocycles. The maximum Gasteiger partial charge on any atom is 0.269 e. The van der Waals surface area contributed by atoms with Crippen LogP contribution in [-0.4, -0.2) is 93.0 Å². The lowest BCUT2D eigenvalue weighted by molar-refractivity contribution is -0.384. The number of likely N-dealkylation sites (tertiary alicyclic amines) is 2. The molecule has 2 fully saturated rings. The number of benzene rings is 1. The van der Waals surface area contributed by atoms with E-state index in [-0.39, 0.29) is 37.2 Å². The Hall–Kier alpha value is -4.24. The number of piperidine rings is 1. The van der Waals surface area contributed by atoms with E-state index in [2.05, 4.69) is 10.6 Å². The number of anilines is 1. The molecule has 4 atom stereocenters. The Kier molecular flexibility index (Phi) is 9.47. The zero-order valence-electron chi connectivity index (χ0n) is 24.2. The first-order chi connectivity index (χ1) is 19.6. The van der Waals surface area contributed by atoms with Crippen molar-refractivity contribution in [1.29, 1.82) is 0 Å². The Morgan fingerprint density at radius 3 is 2.31 bits per heavy atom. The van der Waals surface area contributed by atoms with Crippen molar-refractivity contribution in [2.75, 3.05) is 19.0 Å². The van der Waals surface area contributed by atoms with Crippen LogP contribution in [0, 0.1) is 10.1 Å². The van der Waals surface area contributed by atoms with Gasteiger partial charge in [0.25, 0.3) is 17.5 Å². The highest BCUT2D eigenvalue weighted by molar-refractivity contribution is 6.24. The molecule has 0 unspecified atom stereocenters. The molecule has 1 aromatic rings. The highest BCUT2D eigenvalue weighted by atomic mass is 16.6. The highest BCUT2D eigenvalue weighted by Crippen LogP contribution is 2.40. The second kappa shape index (κ2) is 12.3. The third-order valence-corrected chi connectivity index (χ3v) is 7.78. The molecule has 2 aliphatic rings. The number of methoxy groups -OCH3 is 1. The van der Waals surface area contributed by atoms with E-state index in [4.69, 9.17) is 10.5 Å². The van der Waals surface area contributed by atoms with Gasteiger partial charge in [-0.1, -0.05) is 0 Å². The fraction of sp³-hybridized carbons (Fsp3) is 0.556. The molecule has 0 saturated carbocycles. The zero-order valence-corrected chi connectivity index (χ0v) is 24.2. The van der Waals surface area contributed by atoms with Gasteiger partial charge in [0.2, 0.25) is 23.3 Å². The summed E-state index contributed by atoms with van der Waals surface area (Å²) >= 11 is 0. The van der Waals surface area contributed by atoms with Gasteiger partial charge >= 0.3 is 0 Å². The third kappa shape index (κ3) is 5.74. The van der Waals surface area contributed by atoms with Crippen molar-refractivity contribution >= 4 is 46.7 Å². The summed E-state index contributed by atoms with van der Waals surface area (Å²) in [7, 11) is 1.23. The van der Waals surface area contributed by atoms with Crippen LogP contribution in [0.3, 0.4) is 0 Å². The van der Waals surface area contributed by atoms with Gasteiger partial charge < -0.3 is 26.0 Å². The molecule has 15 heteroatoms. The molecule has 3 rings (SSSR count). The van der Waals surface area contributed by atoms with Gasteiger partial charge in [-0.15, -0.1) is 0 Å². The Balaban J connectivity index is 2.05. The monoisotopic (exact) mass is 588 g/mol. The Bertz CT molecular complexity index is 1300. The Labute approximate surface area is 242 Å². The fourth-order valence-corrected chi connectivity index (χ4v) is 5.35. The van der Waals surface area contributed by atoms with E-state index < -0.39 is 69.5 Å². The molecule has 0 aromatic heterocycles. The van der Waals surface area contributed by atoms with Crippen LogP contribution in [0.4, 0.5) is 11.4 Å². The van der Waals surface area contributed by atoms with Gasteiger partial charge in [0.1, 0.15) is 17.7 Å². The lowest BCUT2D eigenvalue weighted by atomic mass is 9.71. The summed E-state index contributed by atoms with van der Waals surface area (Å²) in [6, 6.07) is 1.67. The number of amides is 5. The summed E-state index contributed by atoms with van der Waals surface area (Å²) in [5, 5.41) is 16.1. The number of carbonyl (C=O) groups excluding carboxylic acids is 6. The van der Waals surface area contributed by atoms with Crippen LogP contribution in [0.5, 0.6) is 0 Å². The number of nitro benzene ring substituents is 1. The molecule has 2 aliphatic heterocycles. The molecule has 228 valence electrons. The number of rotatable bonds is 9. The number of carbonyl (C=O) groups is 6. The molecular weight excluding hydrogens is 552 g/mol. The van der Waals surface area contributed by atoms with E-state index in [0.717, 1.165) is 12.1 Å². The smallest absolute Gasteiger partial charge is 0.269 e. The van der Waals surface area contributed by atoms with Gasteiger partial charge in [-0.05, 0) is 52.7 Å². The van der Waals surface area contributed by atoms with E-state index in [9.17, 15) is 38.9 Å². The van der Waals surface area contributed by atoms with Crippen LogP contribution in [-0.2, 0) is 33.5 Å². The summed E-state index contributed by atoms with van der Waals surface area (Å²) in [5.41, 5.74) is 1.19. The first kappa shape index (κ1) is 32.3. The van der Waals surface area contributed by atoms with E-state index in [1.165, 1.54) is 51.8 Å². The van der Waals surface area contributed by atoms with Gasteiger partial charge in [0, 0.05) is 44.3 Å². The van der Waals surface area contributed by atoms with Crippen molar-refractivity contribution in [2.24, 2.45) is 5.73 Å². The largest absolute Gasteiger partial charge is 0.375 e. The van der Waals surface area contributed by atoms with E-state index in [0.29, 0.717) is 11.3 Å². The summed E-state index contributed by atoms with van der Waals surface area (Å²) in [6.07, 6.45) is -0.166. The van der Waals surface area contributed by atoms with Crippen molar-refractivity contribution in [2.45, 2.75) is 82.6 Å². The minimum atomic E-state index is -2.48. The molecular formula is C27H36N6O9. The van der Waals surface area contributed by atoms with Crippen LogP contribution in [0.25, 0.3) is 0 Å². The predicted molar refractivity (Wildman–Crippen MR) is 148 cm³/mol. The van der Waals surface area contributed by atoms with Crippen LogP contribution in [0.15, 0.2) is 24.3 Å². The maximum absolute atomic E-state index is 14.2. The van der Waals surface area contributed by atoms with Crippen molar-refractivity contribution in [3.8, 4) is 0 Å². The van der Waals surface area contributed by atoms with Gasteiger partial charge in [0.05, 0.1) is 11.0 Å². The summed E-state index contributed by atoms with van der Waals surface area (Å²) in [6.45, 7) is 5.81. The van der Waals surface area contributed by atoms with Gasteiger partial charge in [-0.25, -0.2) is 0 Å². The van der Waals surface area contributed by atoms with Crippen LogP contribution in [0.2, 0.25) is 0 Å². The second-order valence-electron chi connectivity index (χ2n) is 10.9. The highest BCUT2D eigenvalue weighted by Gasteiger charge is 2.67. The number of non-ortho nitro benzene ring substituents is 1. The second-order valence-corrected chi connectivity index (χ2v) is 10.9. The molecule has 0 bridgehead atoms. The first-order valence-electron chi connectivity index (χ1n) is 13.5. The maximum atomic E-state index is 14.2. The van der Waals surface area contributed by atoms with Crippen molar-refractivity contribution in [1.82, 2.24) is 15.1 Å². The molecule has 0 aliphatic carbocycles. The normalized spacial score (nSPS) is 22.4. The fourth-order valence-electron chi connectivity index (χ4n) is 5.35. The number of nitrogens with zero attached hydrogens (tertiary/aromatic N) is 3. The lowest BCUT2D eigenvalue weighted by Gasteiger charge is -2.51. The number of ketones is 1. The van der Waals surface area contributed by atoms with Crippen LogP contribution < -0.4 is 16.4 Å². The molecule has 15 nitrogen and oxygen atoms in total. The molecule has 0 radical (unpaired) electrons. The van der Waals surface area contributed by atoms with Gasteiger partial charge in [0.15, 0.2) is 5.78 Å². The van der Waals surface area contributed by atoms with Crippen molar-refractivity contribution in [3.63, 3.8) is 0 Å². The average Bonchev–Trinajstić information content (AvgIpc) is 3.43. The number of imide groups is 1. The SMILES string of the molecule is COC(C)(C)[C@]1(C(=O)Nc2ccc([N+](=O)[O-])cc2)C(=O)CCC(=O)N1C(=O)[C@@H]1CCCN1C(=O)[C@H](C)NC(=O)[C@H](C)N. The van der Waals surface area contributed by atoms with Gasteiger partial charge in [-0.2, -0.15) is 0 Å². The molecule has 4 N–H and O–H groups in total. The van der Waals surface area contributed by atoms with Crippen molar-refractivity contribution in [3.05, 3.63) is 34.4 Å². The molecule has 42 heavy (non-hydrogen) atoms.